The normalized spacial score (nSPS) is 27.8. The molecule has 1 atom stereocenters. The van der Waals surface area contributed by atoms with E-state index < -0.39 is 5.41 Å². The van der Waals surface area contributed by atoms with Gasteiger partial charge < -0.3 is 15.8 Å². The Bertz CT molecular complexity index is 506. The molecule has 0 aliphatic heterocycles. The van der Waals surface area contributed by atoms with Crippen LogP contribution in [0.15, 0.2) is 22.7 Å². The van der Waals surface area contributed by atoms with Gasteiger partial charge in [0.25, 0.3) is 0 Å². The number of carbonyl (C=O) groups excluding carboxylic acids is 1. The maximum atomic E-state index is 12.8. The van der Waals surface area contributed by atoms with E-state index in [-0.39, 0.29) is 17.8 Å². The van der Waals surface area contributed by atoms with Gasteiger partial charge in [-0.05, 0) is 37.1 Å². The van der Waals surface area contributed by atoms with Crippen molar-refractivity contribution in [3.05, 3.63) is 22.4 Å². The van der Waals surface area contributed by atoms with Crippen LogP contribution in [0.25, 0.3) is 0 Å². The molecule has 1 aliphatic carbocycles. The molecule has 1 saturated carbocycles. The van der Waals surface area contributed by atoms with E-state index >= 15 is 0 Å². The summed E-state index contributed by atoms with van der Waals surface area (Å²) in [5.41, 5.74) is 4.96. The van der Waals surface area contributed by atoms with Crippen molar-refractivity contribution in [2.75, 3.05) is 7.05 Å². The van der Waals surface area contributed by atoms with Gasteiger partial charge in [-0.1, -0.05) is 18.1 Å². The summed E-state index contributed by atoms with van der Waals surface area (Å²) >= 11 is 1.62. The molecule has 0 radical (unpaired) electrons. The van der Waals surface area contributed by atoms with Crippen LogP contribution < -0.4 is 5.73 Å². The van der Waals surface area contributed by atoms with E-state index in [4.69, 9.17) is 10.9 Å². The molecule has 0 aromatic carbocycles. The molecule has 3 N–H and O–H groups in total. The van der Waals surface area contributed by atoms with Crippen LogP contribution in [0.4, 0.5) is 0 Å². The summed E-state index contributed by atoms with van der Waals surface area (Å²) in [6.45, 7) is 4.06. The molecule has 1 aliphatic rings. The third-order valence-electron chi connectivity index (χ3n) is 4.26. The molecule has 1 unspecified atom stereocenters. The van der Waals surface area contributed by atoms with Crippen LogP contribution in [0.3, 0.4) is 0 Å². The molecule has 0 bridgehead atoms. The van der Waals surface area contributed by atoms with E-state index in [0.717, 1.165) is 4.88 Å². The Labute approximate surface area is 123 Å². The average molecular weight is 295 g/mol. The van der Waals surface area contributed by atoms with E-state index in [1.54, 1.807) is 23.3 Å². The van der Waals surface area contributed by atoms with Crippen molar-refractivity contribution in [3.63, 3.8) is 0 Å². The first-order chi connectivity index (χ1) is 9.42. The lowest BCUT2D eigenvalue weighted by atomic mass is 9.61. The molecule has 1 aromatic rings. The minimum atomic E-state index is -0.825. The standard InChI is InChI=1S/C14H21N3O2S/c1-9-7-14(8-9,12(15)16-19)13(18)17(3)10(2)11-5-4-6-20-11/h4-6,9-10,19H,7-8H2,1-3H3,(H2,15,16). The summed E-state index contributed by atoms with van der Waals surface area (Å²) in [4.78, 5) is 15.6. The third-order valence-corrected chi connectivity index (χ3v) is 5.30. The fraction of sp³-hybridized carbons (Fsp3) is 0.571. The Morgan fingerprint density at radius 3 is 2.75 bits per heavy atom. The van der Waals surface area contributed by atoms with Crippen LogP contribution in [-0.2, 0) is 4.79 Å². The quantitative estimate of drug-likeness (QED) is 0.387. The number of hydrogen-bond donors (Lipinski definition) is 2. The van der Waals surface area contributed by atoms with Gasteiger partial charge in [-0.2, -0.15) is 0 Å². The molecule has 0 saturated heterocycles. The number of carbonyl (C=O) groups is 1. The van der Waals surface area contributed by atoms with Gasteiger partial charge >= 0.3 is 0 Å². The van der Waals surface area contributed by atoms with Crippen LogP contribution in [-0.4, -0.2) is 28.9 Å². The molecule has 0 spiro atoms. The van der Waals surface area contributed by atoms with Gasteiger partial charge in [0.15, 0.2) is 5.84 Å². The first kappa shape index (κ1) is 14.8. The summed E-state index contributed by atoms with van der Waals surface area (Å²) in [5, 5.41) is 14.1. The first-order valence-corrected chi connectivity index (χ1v) is 7.59. The van der Waals surface area contributed by atoms with E-state index in [2.05, 4.69) is 12.1 Å². The minimum absolute atomic E-state index is 0.0122. The lowest BCUT2D eigenvalue weighted by molar-refractivity contribution is -0.145. The topological polar surface area (TPSA) is 78.9 Å². The van der Waals surface area contributed by atoms with Crippen molar-refractivity contribution in [1.82, 2.24) is 4.90 Å². The van der Waals surface area contributed by atoms with Crippen LogP contribution in [0, 0.1) is 11.3 Å². The smallest absolute Gasteiger partial charge is 0.236 e. The predicted molar refractivity (Wildman–Crippen MR) is 79.7 cm³/mol. The lowest BCUT2D eigenvalue weighted by Crippen LogP contribution is -2.57. The highest BCUT2D eigenvalue weighted by Crippen LogP contribution is 2.47. The van der Waals surface area contributed by atoms with E-state index in [0.29, 0.717) is 18.8 Å². The second-order valence-electron chi connectivity index (χ2n) is 5.69. The number of hydrogen-bond acceptors (Lipinski definition) is 4. The Hall–Kier alpha value is -1.56. The summed E-state index contributed by atoms with van der Waals surface area (Å²) in [7, 11) is 1.78. The SMILES string of the molecule is CC1CC(C(=O)N(C)C(C)c2cccs2)(/C(N)=N/O)C1. The van der Waals surface area contributed by atoms with E-state index in [1.165, 1.54) is 0 Å². The maximum absolute atomic E-state index is 12.8. The molecule has 1 aromatic heterocycles. The lowest BCUT2D eigenvalue weighted by Gasteiger charge is -2.46. The zero-order valence-corrected chi connectivity index (χ0v) is 12.9. The number of nitrogens with zero attached hydrogens (tertiary/aromatic N) is 2. The van der Waals surface area contributed by atoms with Crippen molar-refractivity contribution in [3.8, 4) is 0 Å². The largest absolute Gasteiger partial charge is 0.409 e. The van der Waals surface area contributed by atoms with Crippen LogP contribution in [0.1, 0.15) is 37.6 Å². The minimum Gasteiger partial charge on any atom is -0.409 e. The molecule has 1 amide bonds. The van der Waals surface area contributed by atoms with Crippen molar-refractivity contribution >= 4 is 23.1 Å². The molecule has 20 heavy (non-hydrogen) atoms. The van der Waals surface area contributed by atoms with Gasteiger partial charge in [-0.25, -0.2) is 0 Å². The Kier molecular flexibility index (Phi) is 4.04. The molecule has 2 rings (SSSR count). The van der Waals surface area contributed by atoms with Crippen molar-refractivity contribution in [2.24, 2.45) is 22.2 Å². The van der Waals surface area contributed by atoms with Crippen molar-refractivity contribution in [2.45, 2.75) is 32.7 Å². The summed E-state index contributed by atoms with van der Waals surface area (Å²) in [5.74, 6) is 0.391. The number of amidine groups is 1. The molecule has 6 heteroatoms. The Balaban J connectivity index is 2.21. The fourth-order valence-corrected chi connectivity index (χ4v) is 3.78. The Morgan fingerprint density at radius 1 is 1.65 bits per heavy atom. The monoisotopic (exact) mass is 295 g/mol. The summed E-state index contributed by atoms with van der Waals surface area (Å²) < 4.78 is 0. The summed E-state index contributed by atoms with van der Waals surface area (Å²) in [6.07, 6.45) is 1.28. The highest BCUT2D eigenvalue weighted by Gasteiger charge is 2.53. The molecule has 1 heterocycles. The van der Waals surface area contributed by atoms with Gasteiger partial charge in [0.1, 0.15) is 5.41 Å². The molecule has 1 fully saturated rings. The number of oxime groups is 1. The predicted octanol–water partition coefficient (Wildman–Crippen LogP) is 2.43. The van der Waals surface area contributed by atoms with Gasteiger partial charge in [0.2, 0.25) is 5.91 Å². The number of thiophene rings is 1. The Morgan fingerprint density at radius 2 is 2.30 bits per heavy atom. The highest BCUT2D eigenvalue weighted by molar-refractivity contribution is 7.10. The number of rotatable bonds is 4. The first-order valence-electron chi connectivity index (χ1n) is 6.71. The van der Waals surface area contributed by atoms with Crippen LogP contribution in [0.2, 0.25) is 0 Å². The highest BCUT2D eigenvalue weighted by atomic mass is 32.1. The van der Waals surface area contributed by atoms with Crippen LogP contribution in [0.5, 0.6) is 0 Å². The molecular weight excluding hydrogens is 274 g/mol. The fourth-order valence-electron chi connectivity index (χ4n) is 2.95. The maximum Gasteiger partial charge on any atom is 0.236 e. The number of nitrogens with two attached hydrogens (primary N) is 1. The van der Waals surface area contributed by atoms with E-state index in [1.807, 2.05) is 24.4 Å². The van der Waals surface area contributed by atoms with Gasteiger partial charge in [-0.15, -0.1) is 11.3 Å². The van der Waals surface area contributed by atoms with Crippen molar-refractivity contribution < 1.29 is 10.0 Å². The zero-order valence-electron chi connectivity index (χ0n) is 12.0. The second-order valence-corrected chi connectivity index (χ2v) is 6.67. The summed E-state index contributed by atoms with van der Waals surface area (Å²) in [6, 6.07) is 3.97. The van der Waals surface area contributed by atoms with Crippen LogP contribution >= 0.6 is 11.3 Å². The van der Waals surface area contributed by atoms with Gasteiger partial charge in [0.05, 0.1) is 6.04 Å². The van der Waals surface area contributed by atoms with Gasteiger partial charge in [0, 0.05) is 11.9 Å². The molecule has 110 valence electrons. The number of amides is 1. The zero-order chi connectivity index (χ0) is 14.9. The molecular formula is C14H21N3O2S. The third kappa shape index (κ3) is 2.28. The van der Waals surface area contributed by atoms with Crippen molar-refractivity contribution in [1.29, 1.82) is 0 Å². The second kappa shape index (κ2) is 5.44. The molecule has 5 nitrogen and oxygen atoms in total. The van der Waals surface area contributed by atoms with E-state index in [9.17, 15) is 4.79 Å². The van der Waals surface area contributed by atoms with Gasteiger partial charge in [-0.3, -0.25) is 4.79 Å². The average Bonchev–Trinajstić information content (AvgIpc) is 2.94.